The molecule has 2 aromatic rings. The summed E-state index contributed by atoms with van der Waals surface area (Å²) in [7, 11) is 0. The Hall–Kier alpha value is -2.07. The van der Waals surface area contributed by atoms with Crippen molar-refractivity contribution in [3.8, 4) is 11.8 Å². The second-order valence-electron chi connectivity index (χ2n) is 6.06. The van der Waals surface area contributed by atoms with Gasteiger partial charge in [-0.05, 0) is 61.1 Å². The Balaban J connectivity index is 2.22. The molecule has 0 heterocycles. The number of hydrogen-bond donors (Lipinski definition) is 0. The molecule has 0 bridgehead atoms. The zero-order valence-electron chi connectivity index (χ0n) is 14.4. The van der Waals surface area contributed by atoms with Crippen LogP contribution in [0.15, 0.2) is 36.4 Å². The molecule has 0 N–H and O–H groups in total. The molecule has 0 atom stereocenters. The molecule has 23 heavy (non-hydrogen) atoms. The third-order valence-electron chi connectivity index (χ3n) is 4.02. The number of halogens is 1. The van der Waals surface area contributed by atoms with Crippen molar-refractivity contribution in [2.45, 2.75) is 52.9 Å². The van der Waals surface area contributed by atoms with Crippen LogP contribution in [0.4, 0.5) is 4.39 Å². The van der Waals surface area contributed by atoms with Crippen molar-refractivity contribution in [2.24, 2.45) is 0 Å². The maximum atomic E-state index is 13.8. The van der Waals surface area contributed by atoms with Crippen LogP contribution in [0.2, 0.25) is 0 Å². The number of hydrogen-bond acceptors (Lipinski definition) is 0. The average molecular weight is 308 g/mol. The monoisotopic (exact) mass is 308 g/mol. The first-order valence-corrected chi connectivity index (χ1v) is 8.54. The van der Waals surface area contributed by atoms with Crippen LogP contribution in [0.3, 0.4) is 0 Å². The number of rotatable bonds is 5. The Kier molecular flexibility index (Phi) is 6.41. The topological polar surface area (TPSA) is 0 Å². The van der Waals surface area contributed by atoms with E-state index in [1.165, 1.54) is 18.4 Å². The first kappa shape index (κ1) is 17.3. The molecule has 0 aliphatic rings. The van der Waals surface area contributed by atoms with Crippen LogP contribution < -0.4 is 0 Å². The second-order valence-corrected chi connectivity index (χ2v) is 6.06. The lowest BCUT2D eigenvalue weighted by Gasteiger charge is -2.06. The molecule has 0 unspecified atom stereocenters. The number of unbranched alkanes of at least 4 members (excludes halogenated alkanes) is 1. The highest BCUT2D eigenvalue weighted by Gasteiger charge is 2.05. The Bertz CT molecular complexity index is 699. The fourth-order valence-corrected chi connectivity index (χ4v) is 2.61. The third kappa shape index (κ3) is 4.96. The molecule has 0 aliphatic heterocycles. The van der Waals surface area contributed by atoms with Gasteiger partial charge in [-0.1, -0.05) is 56.7 Å². The van der Waals surface area contributed by atoms with Gasteiger partial charge in [-0.15, -0.1) is 0 Å². The van der Waals surface area contributed by atoms with Gasteiger partial charge in [0.05, 0.1) is 0 Å². The maximum absolute atomic E-state index is 13.8. The molecule has 0 spiro atoms. The third-order valence-corrected chi connectivity index (χ3v) is 4.02. The maximum Gasteiger partial charge on any atom is 0.127 e. The van der Waals surface area contributed by atoms with Crippen LogP contribution in [-0.4, -0.2) is 0 Å². The van der Waals surface area contributed by atoms with Crippen LogP contribution in [-0.2, 0) is 12.8 Å². The fourth-order valence-electron chi connectivity index (χ4n) is 2.61. The van der Waals surface area contributed by atoms with Crippen LogP contribution in [0.25, 0.3) is 0 Å². The quantitative estimate of drug-likeness (QED) is 0.610. The minimum atomic E-state index is -0.177. The summed E-state index contributed by atoms with van der Waals surface area (Å²) in [5.41, 5.74) is 4.97. The summed E-state index contributed by atoms with van der Waals surface area (Å²) in [6.45, 7) is 6.14. The van der Waals surface area contributed by atoms with Crippen LogP contribution in [0, 0.1) is 24.6 Å². The lowest BCUT2D eigenvalue weighted by molar-refractivity contribution is 0.617. The fraction of sp³-hybridized carbons (Fsp3) is 0.364. The standard InChI is InChI=1S/C22H25F/c1-4-6-8-18-9-11-19(12-10-18)13-14-21-16-22(23)17(3)15-20(21)7-5-2/h9-12,15-16H,4-8H2,1-3H3. The Morgan fingerprint density at radius 1 is 0.913 bits per heavy atom. The summed E-state index contributed by atoms with van der Waals surface area (Å²) in [6.07, 6.45) is 5.51. The van der Waals surface area contributed by atoms with Crippen molar-refractivity contribution >= 4 is 0 Å². The smallest absolute Gasteiger partial charge is 0.127 e. The minimum Gasteiger partial charge on any atom is -0.207 e. The zero-order chi connectivity index (χ0) is 16.7. The van der Waals surface area contributed by atoms with E-state index in [4.69, 9.17) is 0 Å². The first-order valence-electron chi connectivity index (χ1n) is 8.54. The normalized spacial score (nSPS) is 10.3. The van der Waals surface area contributed by atoms with E-state index in [1.54, 1.807) is 13.0 Å². The summed E-state index contributed by atoms with van der Waals surface area (Å²) in [6, 6.07) is 11.9. The van der Waals surface area contributed by atoms with Crippen molar-refractivity contribution in [1.29, 1.82) is 0 Å². The van der Waals surface area contributed by atoms with Gasteiger partial charge in [0.2, 0.25) is 0 Å². The molecule has 120 valence electrons. The average Bonchev–Trinajstić information content (AvgIpc) is 2.56. The van der Waals surface area contributed by atoms with Crippen molar-refractivity contribution < 1.29 is 4.39 Å². The van der Waals surface area contributed by atoms with Crippen LogP contribution in [0.1, 0.15) is 60.9 Å². The predicted octanol–water partition coefficient (Wildman–Crippen LogP) is 5.83. The summed E-state index contributed by atoms with van der Waals surface area (Å²) >= 11 is 0. The summed E-state index contributed by atoms with van der Waals surface area (Å²) in [5, 5.41) is 0. The molecule has 1 heteroatoms. The number of aryl methyl sites for hydroxylation is 3. The SMILES string of the molecule is CCCCc1ccc(C#Cc2cc(F)c(C)cc2CCC)cc1. The Morgan fingerprint density at radius 3 is 2.30 bits per heavy atom. The van der Waals surface area contributed by atoms with Crippen molar-refractivity contribution in [1.82, 2.24) is 0 Å². The van der Waals surface area contributed by atoms with Gasteiger partial charge in [-0.3, -0.25) is 0 Å². The summed E-state index contributed by atoms with van der Waals surface area (Å²) in [5.74, 6) is 6.15. The summed E-state index contributed by atoms with van der Waals surface area (Å²) < 4.78 is 13.8. The predicted molar refractivity (Wildman–Crippen MR) is 96.2 cm³/mol. The molecule has 0 saturated heterocycles. The molecule has 0 fully saturated rings. The van der Waals surface area contributed by atoms with Gasteiger partial charge in [0.25, 0.3) is 0 Å². The molecular formula is C22H25F. The van der Waals surface area contributed by atoms with E-state index in [0.717, 1.165) is 36.0 Å². The van der Waals surface area contributed by atoms with Crippen molar-refractivity contribution in [3.05, 3.63) is 70.0 Å². The highest BCUT2D eigenvalue weighted by atomic mass is 19.1. The van der Waals surface area contributed by atoms with Gasteiger partial charge in [0.15, 0.2) is 0 Å². The van der Waals surface area contributed by atoms with E-state index in [0.29, 0.717) is 5.56 Å². The lowest BCUT2D eigenvalue weighted by atomic mass is 10.00. The van der Waals surface area contributed by atoms with E-state index in [1.807, 2.05) is 6.07 Å². The van der Waals surface area contributed by atoms with E-state index in [-0.39, 0.29) is 5.82 Å². The molecule has 0 aromatic heterocycles. The van der Waals surface area contributed by atoms with E-state index in [2.05, 4.69) is 50.0 Å². The molecule has 0 saturated carbocycles. The second kappa shape index (κ2) is 8.53. The van der Waals surface area contributed by atoms with E-state index >= 15 is 0 Å². The lowest BCUT2D eigenvalue weighted by Crippen LogP contribution is -1.94. The largest absolute Gasteiger partial charge is 0.207 e. The minimum absolute atomic E-state index is 0.177. The molecule has 0 radical (unpaired) electrons. The molecule has 0 aliphatic carbocycles. The number of benzene rings is 2. The summed E-state index contributed by atoms with van der Waals surface area (Å²) in [4.78, 5) is 0. The van der Waals surface area contributed by atoms with E-state index in [9.17, 15) is 4.39 Å². The van der Waals surface area contributed by atoms with Crippen molar-refractivity contribution in [3.63, 3.8) is 0 Å². The Labute approximate surface area is 139 Å². The first-order chi connectivity index (χ1) is 11.1. The molecule has 0 nitrogen and oxygen atoms in total. The van der Waals surface area contributed by atoms with Gasteiger partial charge < -0.3 is 0 Å². The van der Waals surface area contributed by atoms with Gasteiger partial charge in [0, 0.05) is 11.1 Å². The Morgan fingerprint density at radius 2 is 1.65 bits per heavy atom. The van der Waals surface area contributed by atoms with Gasteiger partial charge in [0.1, 0.15) is 5.82 Å². The zero-order valence-corrected chi connectivity index (χ0v) is 14.4. The van der Waals surface area contributed by atoms with Crippen LogP contribution >= 0.6 is 0 Å². The van der Waals surface area contributed by atoms with Crippen LogP contribution in [0.5, 0.6) is 0 Å². The molecule has 0 amide bonds. The van der Waals surface area contributed by atoms with Crippen molar-refractivity contribution in [2.75, 3.05) is 0 Å². The van der Waals surface area contributed by atoms with Gasteiger partial charge in [-0.2, -0.15) is 0 Å². The molecule has 2 aromatic carbocycles. The highest BCUT2D eigenvalue weighted by molar-refractivity contribution is 5.48. The van der Waals surface area contributed by atoms with Gasteiger partial charge in [-0.25, -0.2) is 4.39 Å². The molecular weight excluding hydrogens is 283 g/mol. The molecule has 2 rings (SSSR count). The van der Waals surface area contributed by atoms with E-state index < -0.39 is 0 Å². The highest BCUT2D eigenvalue weighted by Crippen LogP contribution is 2.17. The van der Waals surface area contributed by atoms with Gasteiger partial charge >= 0.3 is 0 Å².